The number of fused-ring (bicyclic) bond motifs is 1. The Labute approximate surface area is 140 Å². The summed E-state index contributed by atoms with van der Waals surface area (Å²) in [6.07, 6.45) is -1.26. The molecule has 3 rings (SSSR count). The molecule has 124 valence electrons. The number of nitrogens with one attached hydrogen (secondary N) is 1. The van der Waals surface area contributed by atoms with Gasteiger partial charge in [0.1, 0.15) is 5.69 Å². The zero-order chi connectivity index (χ0) is 17.6. The van der Waals surface area contributed by atoms with Crippen LogP contribution in [0.2, 0.25) is 0 Å². The molecule has 0 aliphatic heterocycles. The highest BCUT2D eigenvalue weighted by Crippen LogP contribution is 2.27. The van der Waals surface area contributed by atoms with Crippen LogP contribution in [0.4, 0.5) is 0 Å². The summed E-state index contributed by atoms with van der Waals surface area (Å²) in [5.41, 5.74) is -2.02. The van der Waals surface area contributed by atoms with Gasteiger partial charge in [0.15, 0.2) is 0 Å². The van der Waals surface area contributed by atoms with Gasteiger partial charge < -0.3 is 15.5 Å². The van der Waals surface area contributed by atoms with Crippen molar-refractivity contribution in [1.82, 2.24) is 9.90 Å². The lowest BCUT2D eigenvalue weighted by Crippen LogP contribution is -2.34. The third-order valence-corrected chi connectivity index (χ3v) is 3.95. The summed E-state index contributed by atoms with van der Waals surface area (Å²) in [4.78, 5) is 22.5. The van der Waals surface area contributed by atoms with E-state index in [1.807, 2.05) is 0 Å². The molecule has 1 atom stereocenters. The average Bonchev–Trinajstić information content (AvgIpc) is 2.86. The molecule has 0 spiro atoms. The summed E-state index contributed by atoms with van der Waals surface area (Å²) in [6.45, 7) is 0. The summed E-state index contributed by atoms with van der Waals surface area (Å²) < 4.78 is 0.902. The minimum atomic E-state index is -1.90. The van der Waals surface area contributed by atoms with Gasteiger partial charge in [-0.1, -0.05) is 15.9 Å². The van der Waals surface area contributed by atoms with Crippen molar-refractivity contribution in [3.05, 3.63) is 77.3 Å². The number of aliphatic hydroxyl groups excluding tert-OH is 1. The summed E-state index contributed by atoms with van der Waals surface area (Å²) in [5, 5.41) is 45.9. The second kappa shape index (κ2) is 5.58. The van der Waals surface area contributed by atoms with Crippen LogP contribution in [0.5, 0.6) is 0 Å². The largest absolute Gasteiger partial charge is 0.612 e. The van der Waals surface area contributed by atoms with E-state index in [9.17, 15) is 30.5 Å². The van der Waals surface area contributed by atoms with Gasteiger partial charge in [0, 0.05) is 4.47 Å². The number of benzene rings is 1. The SMILES string of the molecule is O=[N+]([O-])C1=CC(=[N+]([O-])[O-])c2[nH]n(-c3ccc(Br)cc3)[n+](=O)c2C1O. The Morgan fingerprint density at radius 2 is 1.88 bits per heavy atom. The lowest BCUT2D eigenvalue weighted by molar-refractivity contribution is -0.601. The molecule has 2 N–H and O–H groups in total. The van der Waals surface area contributed by atoms with Crippen molar-refractivity contribution in [2.45, 2.75) is 6.10 Å². The maximum Gasteiger partial charge on any atom is 0.290 e. The van der Waals surface area contributed by atoms with Gasteiger partial charge in [-0.25, -0.2) is 0 Å². The molecule has 11 nitrogen and oxygen atoms in total. The van der Waals surface area contributed by atoms with E-state index in [0.29, 0.717) is 11.8 Å². The van der Waals surface area contributed by atoms with E-state index in [1.165, 1.54) is 0 Å². The monoisotopic (exact) mass is 397 g/mol. The van der Waals surface area contributed by atoms with Crippen molar-refractivity contribution >= 4 is 21.6 Å². The lowest BCUT2D eigenvalue weighted by Gasteiger charge is -2.11. The van der Waals surface area contributed by atoms with E-state index in [-0.39, 0.29) is 10.2 Å². The molecule has 12 heteroatoms. The number of halogens is 1. The topological polar surface area (TPSA) is 156 Å². The van der Waals surface area contributed by atoms with E-state index in [1.54, 1.807) is 24.3 Å². The first-order valence-corrected chi connectivity index (χ1v) is 7.20. The molecule has 24 heavy (non-hydrogen) atoms. The molecular formula is C12H8BrN5O6. The standard InChI is InChI=1S/C12H8BrN5O6/c13-6-1-3-7(4-2-6)15-14-10-8(17(21)22)5-9(18(23)24)12(19)11(10)16(15)20/h1-5,12,14,19H. The molecule has 0 saturated carbocycles. The molecule has 1 unspecified atom stereocenters. The number of aromatic amines is 1. The molecule has 0 fully saturated rings. The Balaban J connectivity index is 2.27. The number of H-pyrrole nitrogens is 1. The Morgan fingerprint density at radius 3 is 2.42 bits per heavy atom. The maximum absolute atomic E-state index is 12.4. The first-order valence-electron chi connectivity index (χ1n) is 6.40. The second-order valence-electron chi connectivity index (χ2n) is 4.80. The third-order valence-electron chi connectivity index (χ3n) is 3.42. The van der Waals surface area contributed by atoms with Crippen molar-refractivity contribution in [1.29, 1.82) is 0 Å². The van der Waals surface area contributed by atoms with E-state index in [0.717, 1.165) is 9.27 Å². The first kappa shape index (κ1) is 15.9. The number of allylic oxidation sites excluding steroid dienone is 1. The van der Waals surface area contributed by atoms with Gasteiger partial charge in [0.05, 0.1) is 15.5 Å². The normalized spacial score (nSPS) is 16.5. The van der Waals surface area contributed by atoms with Gasteiger partial charge in [-0.2, -0.15) is 10.0 Å². The van der Waals surface area contributed by atoms with Crippen LogP contribution in [0.15, 0.2) is 40.5 Å². The van der Waals surface area contributed by atoms with Crippen LogP contribution in [0, 0.1) is 25.4 Å². The highest BCUT2D eigenvalue weighted by molar-refractivity contribution is 9.10. The van der Waals surface area contributed by atoms with Gasteiger partial charge in [0.2, 0.25) is 6.10 Å². The fourth-order valence-corrected chi connectivity index (χ4v) is 2.59. The maximum atomic E-state index is 12.4. The molecule has 1 aliphatic rings. The van der Waals surface area contributed by atoms with Crippen LogP contribution < -0.4 is 4.54 Å². The fraction of sp³-hybridized carbons (Fsp3) is 0.0833. The van der Waals surface area contributed by atoms with Crippen molar-refractivity contribution < 1.29 is 19.5 Å². The highest BCUT2D eigenvalue weighted by atomic mass is 79.9. The Bertz CT molecular complexity index is 953. The predicted molar refractivity (Wildman–Crippen MR) is 82.3 cm³/mol. The summed E-state index contributed by atoms with van der Waals surface area (Å²) in [7, 11) is 0. The van der Waals surface area contributed by atoms with E-state index >= 15 is 0 Å². The van der Waals surface area contributed by atoms with Gasteiger partial charge in [-0.05, 0) is 34.0 Å². The molecule has 0 amide bonds. The van der Waals surface area contributed by atoms with Gasteiger partial charge in [-0.3, -0.25) is 10.1 Å². The summed E-state index contributed by atoms with van der Waals surface area (Å²) in [5.74, 6) is 0. The molecule has 1 heterocycles. The smallest absolute Gasteiger partial charge is 0.290 e. The van der Waals surface area contributed by atoms with Crippen LogP contribution in [0.1, 0.15) is 17.5 Å². The number of aliphatic hydroxyl groups is 1. The van der Waals surface area contributed by atoms with Crippen molar-refractivity contribution in [3.8, 4) is 5.69 Å². The zero-order valence-corrected chi connectivity index (χ0v) is 13.2. The first-order chi connectivity index (χ1) is 11.3. The van der Waals surface area contributed by atoms with Gasteiger partial charge >= 0.3 is 0 Å². The van der Waals surface area contributed by atoms with Crippen LogP contribution >= 0.6 is 15.9 Å². The quantitative estimate of drug-likeness (QED) is 0.324. The van der Waals surface area contributed by atoms with Crippen LogP contribution in [-0.4, -0.2) is 30.5 Å². The fourth-order valence-electron chi connectivity index (χ4n) is 2.32. The number of nitro groups is 1. The van der Waals surface area contributed by atoms with E-state index in [2.05, 4.69) is 21.0 Å². The summed E-state index contributed by atoms with van der Waals surface area (Å²) in [6, 6.07) is 6.36. The number of hydrogen-bond acceptors (Lipinski definition) is 6. The molecule has 2 aromatic rings. The minimum absolute atomic E-state index is 0.156. The molecule has 0 saturated heterocycles. The Kier molecular flexibility index (Phi) is 3.69. The molecule has 0 bridgehead atoms. The summed E-state index contributed by atoms with van der Waals surface area (Å²) >= 11 is 3.23. The minimum Gasteiger partial charge on any atom is -0.612 e. The number of nitrogens with zero attached hydrogens (tertiary/aromatic N) is 4. The molecular weight excluding hydrogens is 390 g/mol. The van der Waals surface area contributed by atoms with Crippen molar-refractivity contribution in [3.63, 3.8) is 0 Å². The van der Waals surface area contributed by atoms with Crippen LogP contribution in [-0.2, 0) is 0 Å². The third kappa shape index (κ3) is 2.37. The predicted octanol–water partition coefficient (Wildman–Crippen LogP) is 0.487. The van der Waals surface area contributed by atoms with Crippen molar-refractivity contribution in [2.75, 3.05) is 0 Å². The molecule has 1 aliphatic carbocycles. The average molecular weight is 398 g/mol. The molecule has 0 radical (unpaired) electrons. The second-order valence-corrected chi connectivity index (χ2v) is 5.72. The molecule has 1 aromatic heterocycles. The Hall–Kier alpha value is -2.99. The number of rotatable bonds is 2. The Morgan fingerprint density at radius 1 is 1.25 bits per heavy atom. The van der Waals surface area contributed by atoms with Crippen molar-refractivity contribution in [2.24, 2.45) is 0 Å². The molecule has 1 aromatic carbocycles. The van der Waals surface area contributed by atoms with Crippen LogP contribution in [0.3, 0.4) is 0 Å². The number of hydrogen-bond donors (Lipinski definition) is 2. The van der Waals surface area contributed by atoms with Crippen LogP contribution in [0.25, 0.3) is 5.69 Å². The van der Waals surface area contributed by atoms with E-state index < -0.39 is 33.0 Å². The number of aromatic nitrogens is 3. The highest BCUT2D eigenvalue weighted by Gasteiger charge is 2.46. The zero-order valence-electron chi connectivity index (χ0n) is 11.6. The van der Waals surface area contributed by atoms with Gasteiger partial charge in [0.25, 0.3) is 22.8 Å². The van der Waals surface area contributed by atoms with E-state index in [4.69, 9.17) is 0 Å². The lowest BCUT2D eigenvalue weighted by atomic mass is 10.0. The van der Waals surface area contributed by atoms with Gasteiger partial charge in [-0.15, -0.1) is 0 Å².